The predicted octanol–water partition coefficient (Wildman–Crippen LogP) is 4.04. The highest BCUT2D eigenvalue weighted by atomic mass is 35.5. The van der Waals surface area contributed by atoms with Gasteiger partial charge in [0.1, 0.15) is 5.76 Å². The third-order valence-electron chi connectivity index (χ3n) is 3.18. The molecule has 0 aliphatic carbocycles. The van der Waals surface area contributed by atoms with Crippen molar-refractivity contribution in [2.75, 3.05) is 0 Å². The Balaban J connectivity index is 1.71. The summed E-state index contributed by atoms with van der Waals surface area (Å²) < 4.78 is 5.41. The highest BCUT2D eigenvalue weighted by Crippen LogP contribution is 2.30. The second-order valence-corrected chi connectivity index (χ2v) is 6.92. The minimum Gasteiger partial charge on any atom is -0.465 e. The molecule has 1 aromatic heterocycles. The fourth-order valence-electron chi connectivity index (χ4n) is 2.00. The Bertz CT molecular complexity index is 891. The monoisotopic (exact) mass is 390 g/mol. The van der Waals surface area contributed by atoms with Crippen molar-refractivity contribution in [1.82, 2.24) is 10.4 Å². The molecule has 0 radical (unpaired) electrons. The zero-order valence-electron chi connectivity index (χ0n) is 12.6. The molecule has 5 nitrogen and oxygen atoms in total. The lowest BCUT2D eigenvalue weighted by Crippen LogP contribution is -2.44. The van der Waals surface area contributed by atoms with Gasteiger partial charge in [-0.25, -0.2) is 0 Å². The fraction of sp³-hybridized carbons (Fsp3) is 0. The van der Waals surface area contributed by atoms with Gasteiger partial charge in [-0.1, -0.05) is 41.6 Å². The Kier molecular flexibility index (Phi) is 5.37. The van der Waals surface area contributed by atoms with Crippen LogP contribution in [-0.4, -0.2) is 21.1 Å². The van der Waals surface area contributed by atoms with Gasteiger partial charge in [-0.2, -0.15) is 5.01 Å². The summed E-state index contributed by atoms with van der Waals surface area (Å²) in [6.45, 7) is 0. The summed E-state index contributed by atoms with van der Waals surface area (Å²) in [4.78, 5) is 25.1. The minimum atomic E-state index is -0.505. The molecule has 1 N–H and O–H groups in total. The molecule has 0 saturated carbocycles. The van der Waals surface area contributed by atoms with Crippen LogP contribution >= 0.6 is 35.6 Å². The van der Waals surface area contributed by atoms with Crippen molar-refractivity contribution in [2.24, 2.45) is 0 Å². The average Bonchev–Trinajstić information content (AvgIpc) is 3.19. The van der Waals surface area contributed by atoms with Crippen LogP contribution in [0.2, 0.25) is 5.02 Å². The van der Waals surface area contributed by atoms with Crippen LogP contribution in [0.5, 0.6) is 0 Å². The predicted molar refractivity (Wildman–Crippen MR) is 102 cm³/mol. The van der Waals surface area contributed by atoms with Crippen LogP contribution in [-0.2, 0) is 4.79 Å². The Morgan fingerprint density at radius 2 is 2.08 bits per heavy atom. The van der Waals surface area contributed by atoms with Crippen molar-refractivity contribution in [2.45, 2.75) is 0 Å². The first kappa shape index (κ1) is 17.5. The van der Waals surface area contributed by atoms with Crippen LogP contribution in [0.15, 0.2) is 64.1 Å². The number of benzene rings is 1. The number of carbonyl (C=O) groups excluding carboxylic acids is 2. The van der Waals surface area contributed by atoms with Crippen LogP contribution in [0.1, 0.15) is 16.1 Å². The number of carbonyl (C=O) groups is 2. The van der Waals surface area contributed by atoms with Gasteiger partial charge in [-0.05, 0) is 48.6 Å². The molecular formula is C17H11ClN2O3S2. The van der Waals surface area contributed by atoms with Crippen molar-refractivity contribution in [3.05, 3.63) is 76.1 Å². The molecule has 2 amide bonds. The van der Waals surface area contributed by atoms with Crippen molar-refractivity contribution < 1.29 is 14.0 Å². The van der Waals surface area contributed by atoms with Crippen molar-refractivity contribution in [3.63, 3.8) is 0 Å². The number of hydrogen-bond donors (Lipinski definition) is 1. The van der Waals surface area contributed by atoms with E-state index in [1.54, 1.807) is 60.9 Å². The minimum absolute atomic E-state index is 0.239. The van der Waals surface area contributed by atoms with Gasteiger partial charge in [-0.15, -0.1) is 0 Å². The third-order valence-corrected chi connectivity index (χ3v) is 4.83. The lowest BCUT2D eigenvalue weighted by molar-refractivity contribution is -0.123. The average molecular weight is 391 g/mol. The maximum absolute atomic E-state index is 12.4. The summed E-state index contributed by atoms with van der Waals surface area (Å²) in [6, 6.07) is 10.1. The summed E-state index contributed by atoms with van der Waals surface area (Å²) in [5.41, 5.74) is 2.75. The molecule has 1 saturated heterocycles. The molecule has 1 aromatic carbocycles. The standard InChI is InChI=1S/C17H11ClN2O3S2/c18-13-8-2-1-7-12(13)15(21)19-20-16(22)14(25-17(20)24)9-3-5-11-6-4-10-23-11/h1-10H,(H,19,21)/b5-3+,14-9+. The quantitative estimate of drug-likeness (QED) is 0.630. The number of thioether (sulfide) groups is 1. The number of rotatable bonds is 4. The zero-order chi connectivity index (χ0) is 17.8. The maximum Gasteiger partial charge on any atom is 0.285 e. The molecule has 3 rings (SSSR count). The number of hydrazine groups is 1. The largest absolute Gasteiger partial charge is 0.465 e. The topological polar surface area (TPSA) is 62.6 Å². The number of nitrogens with one attached hydrogen (secondary N) is 1. The van der Waals surface area contributed by atoms with E-state index >= 15 is 0 Å². The van der Waals surface area contributed by atoms with E-state index < -0.39 is 11.8 Å². The SMILES string of the molecule is O=C(NN1C(=O)/C(=C\C=C\c2ccco2)SC1=S)c1ccccc1Cl. The summed E-state index contributed by atoms with van der Waals surface area (Å²) in [5.74, 6) is -0.243. The van der Waals surface area contributed by atoms with Gasteiger partial charge in [0.25, 0.3) is 11.8 Å². The molecular weight excluding hydrogens is 380 g/mol. The van der Waals surface area contributed by atoms with Crippen LogP contribution in [0.3, 0.4) is 0 Å². The van der Waals surface area contributed by atoms with Gasteiger partial charge in [0, 0.05) is 0 Å². The first-order valence-electron chi connectivity index (χ1n) is 7.10. The van der Waals surface area contributed by atoms with E-state index in [1.807, 2.05) is 0 Å². The van der Waals surface area contributed by atoms with E-state index in [4.69, 9.17) is 28.2 Å². The van der Waals surface area contributed by atoms with Crippen molar-refractivity contribution >= 4 is 57.8 Å². The Morgan fingerprint density at radius 3 is 2.80 bits per heavy atom. The van der Waals surface area contributed by atoms with Crippen LogP contribution < -0.4 is 5.43 Å². The van der Waals surface area contributed by atoms with E-state index in [0.717, 1.165) is 16.8 Å². The third kappa shape index (κ3) is 4.01. The summed E-state index contributed by atoms with van der Waals surface area (Å²) >= 11 is 12.3. The number of hydrogen-bond acceptors (Lipinski definition) is 5. The molecule has 2 aromatic rings. The number of amides is 2. The van der Waals surface area contributed by atoms with Crippen molar-refractivity contribution in [1.29, 1.82) is 0 Å². The number of allylic oxidation sites excluding steroid dienone is 2. The van der Waals surface area contributed by atoms with Gasteiger partial charge in [0.2, 0.25) is 0 Å². The summed E-state index contributed by atoms with van der Waals surface area (Å²) in [6.07, 6.45) is 6.57. The number of thiocarbonyl (C=S) groups is 1. The normalized spacial score (nSPS) is 16.2. The molecule has 0 atom stereocenters. The first-order valence-corrected chi connectivity index (χ1v) is 8.70. The lowest BCUT2D eigenvalue weighted by Gasteiger charge is -2.16. The fourth-order valence-corrected chi connectivity index (χ4v) is 3.35. The molecule has 1 fully saturated rings. The molecule has 2 heterocycles. The van der Waals surface area contributed by atoms with Gasteiger partial charge in [0.15, 0.2) is 4.32 Å². The van der Waals surface area contributed by atoms with Crippen LogP contribution in [0.25, 0.3) is 6.08 Å². The van der Waals surface area contributed by atoms with E-state index in [0.29, 0.717) is 15.7 Å². The zero-order valence-corrected chi connectivity index (χ0v) is 15.0. The molecule has 0 spiro atoms. The number of furan rings is 1. The van der Waals surface area contributed by atoms with Gasteiger partial charge >= 0.3 is 0 Å². The Hall–Kier alpha value is -2.35. The highest BCUT2D eigenvalue weighted by Gasteiger charge is 2.33. The summed E-state index contributed by atoms with van der Waals surface area (Å²) in [7, 11) is 0. The second-order valence-electron chi connectivity index (χ2n) is 4.83. The first-order chi connectivity index (χ1) is 12.1. The van der Waals surface area contributed by atoms with Crippen LogP contribution in [0.4, 0.5) is 0 Å². The van der Waals surface area contributed by atoms with E-state index in [-0.39, 0.29) is 9.88 Å². The summed E-state index contributed by atoms with van der Waals surface area (Å²) in [5, 5.41) is 1.33. The number of nitrogens with zero attached hydrogens (tertiary/aromatic N) is 1. The molecule has 25 heavy (non-hydrogen) atoms. The second kappa shape index (κ2) is 7.69. The van der Waals surface area contributed by atoms with Gasteiger partial charge in [0.05, 0.1) is 21.8 Å². The molecule has 126 valence electrons. The van der Waals surface area contributed by atoms with Gasteiger partial charge < -0.3 is 4.42 Å². The molecule has 1 aliphatic heterocycles. The molecule has 0 unspecified atom stereocenters. The Morgan fingerprint density at radius 1 is 1.28 bits per heavy atom. The van der Waals surface area contributed by atoms with Crippen LogP contribution in [0, 0.1) is 0 Å². The Labute approximate surface area is 158 Å². The molecule has 0 bridgehead atoms. The maximum atomic E-state index is 12.4. The molecule has 1 aliphatic rings. The smallest absolute Gasteiger partial charge is 0.285 e. The molecule has 8 heteroatoms. The van der Waals surface area contributed by atoms with E-state index in [2.05, 4.69) is 5.43 Å². The van der Waals surface area contributed by atoms with E-state index in [1.165, 1.54) is 0 Å². The van der Waals surface area contributed by atoms with Gasteiger partial charge in [-0.3, -0.25) is 15.0 Å². The van der Waals surface area contributed by atoms with E-state index in [9.17, 15) is 9.59 Å². The van der Waals surface area contributed by atoms with Crippen molar-refractivity contribution in [3.8, 4) is 0 Å². The lowest BCUT2D eigenvalue weighted by atomic mass is 10.2. The highest BCUT2D eigenvalue weighted by molar-refractivity contribution is 8.26. The number of halogens is 1.